The smallest absolute Gasteiger partial charge is 0.354 e. The van der Waals surface area contributed by atoms with E-state index < -0.39 is 11.9 Å². The van der Waals surface area contributed by atoms with Crippen molar-refractivity contribution in [2.24, 2.45) is 0 Å². The number of halogens is 3. The van der Waals surface area contributed by atoms with Gasteiger partial charge < -0.3 is 10.2 Å². The summed E-state index contributed by atoms with van der Waals surface area (Å²) in [5.41, 5.74) is -0.994. The molecular weight excluding hydrogens is 283 g/mol. The molecule has 0 bridgehead atoms. The molecular formula is C13H18F3N5. The standard InChI is InChI=1S/C13H18F3N5/c1-4-18-12-19-10(13(14,15)16)8-11(20-12)21(9(2)3)7-5-6-17/h8-9H,4-5,7H2,1-3H3,(H,18,19,20). The second kappa shape index (κ2) is 7.11. The lowest BCUT2D eigenvalue weighted by Gasteiger charge is -2.27. The molecule has 1 rings (SSSR count). The maximum absolute atomic E-state index is 12.9. The van der Waals surface area contributed by atoms with Crippen molar-refractivity contribution in [1.29, 1.82) is 5.26 Å². The summed E-state index contributed by atoms with van der Waals surface area (Å²) >= 11 is 0. The first kappa shape index (κ1) is 17.0. The van der Waals surface area contributed by atoms with Gasteiger partial charge in [0.05, 0.1) is 12.5 Å². The van der Waals surface area contributed by atoms with Crippen LogP contribution in [0.3, 0.4) is 0 Å². The molecule has 5 nitrogen and oxygen atoms in total. The van der Waals surface area contributed by atoms with Crippen LogP contribution < -0.4 is 10.2 Å². The Labute approximate surface area is 121 Å². The van der Waals surface area contributed by atoms with Gasteiger partial charge in [-0.25, -0.2) is 4.98 Å². The van der Waals surface area contributed by atoms with Crippen LogP contribution in [0.25, 0.3) is 0 Å². The lowest BCUT2D eigenvalue weighted by atomic mass is 10.2. The van der Waals surface area contributed by atoms with E-state index in [1.54, 1.807) is 11.8 Å². The fraction of sp³-hybridized carbons (Fsp3) is 0.615. The van der Waals surface area contributed by atoms with E-state index in [-0.39, 0.29) is 24.2 Å². The van der Waals surface area contributed by atoms with Crippen LogP contribution >= 0.6 is 0 Å². The van der Waals surface area contributed by atoms with Crippen molar-refractivity contribution in [3.63, 3.8) is 0 Å². The summed E-state index contributed by atoms with van der Waals surface area (Å²) in [7, 11) is 0. The predicted octanol–water partition coefficient (Wildman–Crippen LogP) is 3.06. The molecule has 0 saturated carbocycles. The van der Waals surface area contributed by atoms with E-state index in [1.165, 1.54) is 0 Å². The molecule has 0 amide bonds. The second-order valence-corrected chi connectivity index (χ2v) is 4.66. The highest BCUT2D eigenvalue weighted by molar-refractivity contribution is 5.46. The van der Waals surface area contributed by atoms with Crippen LogP contribution in [0.4, 0.5) is 24.9 Å². The third-order valence-corrected chi connectivity index (χ3v) is 2.72. The van der Waals surface area contributed by atoms with Gasteiger partial charge in [-0.15, -0.1) is 0 Å². The fourth-order valence-corrected chi connectivity index (χ4v) is 1.77. The van der Waals surface area contributed by atoms with Crippen LogP contribution in [0, 0.1) is 11.3 Å². The number of nitriles is 1. The summed E-state index contributed by atoms with van der Waals surface area (Å²) in [6.07, 6.45) is -4.33. The van der Waals surface area contributed by atoms with E-state index in [0.717, 1.165) is 6.07 Å². The van der Waals surface area contributed by atoms with Crippen LogP contribution in [-0.4, -0.2) is 29.1 Å². The van der Waals surface area contributed by atoms with Gasteiger partial charge >= 0.3 is 6.18 Å². The highest BCUT2D eigenvalue weighted by Gasteiger charge is 2.34. The largest absolute Gasteiger partial charge is 0.433 e. The Kier molecular flexibility index (Phi) is 5.76. The van der Waals surface area contributed by atoms with Crippen molar-refractivity contribution in [2.75, 3.05) is 23.3 Å². The second-order valence-electron chi connectivity index (χ2n) is 4.66. The predicted molar refractivity (Wildman–Crippen MR) is 73.9 cm³/mol. The topological polar surface area (TPSA) is 64.8 Å². The summed E-state index contributed by atoms with van der Waals surface area (Å²) in [5.74, 6) is 0.100. The molecule has 1 aromatic rings. The Morgan fingerprint density at radius 2 is 2.05 bits per heavy atom. The maximum Gasteiger partial charge on any atom is 0.433 e. The molecule has 0 saturated heterocycles. The molecule has 1 heterocycles. The van der Waals surface area contributed by atoms with E-state index in [9.17, 15) is 13.2 Å². The number of rotatable bonds is 6. The fourth-order valence-electron chi connectivity index (χ4n) is 1.77. The van der Waals surface area contributed by atoms with E-state index in [1.807, 2.05) is 19.9 Å². The number of anilines is 2. The monoisotopic (exact) mass is 301 g/mol. The third kappa shape index (κ3) is 4.77. The van der Waals surface area contributed by atoms with Crippen molar-refractivity contribution < 1.29 is 13.2 Å². The van der Waals surface area contributed by atoms with Gasteiger partial charge in [0.2, 0.25) is 5.95 Å². The van der Waals surface area contributed by atoms with E-state index in [4.69, 9.17) is 5.26 Å². The minimum atomic E-state index is -4.54. The Hall–Kier alpha value is -2.04. The molecule has 0 aromatic carbocycles. The van der Waals surface area contributed by atoms with Crippen molar-refractivity contribution in [1.82, 2.24) is 9.97 Å². The zero-order chi connectivity index (χ0) is 16.0. The molecule has 0 atom stereocenters. The SMILES string of the molecule is CCNc1nc(N(CCC#N)C(C)C)cc(C(F)(F)F)n1. The van der Waals surface area contributed by atoms with Gasteiger partial charge in [-0.1, -0.05) is 0 Å². The Morgan fingerprint density at radius 3 is 2.52 bits per heavy atom. The minimum Gasteiger partial charge on any atom is -0.354 e. The first-order valence-corrected chi connectivity index (χ1v) is 6.63. The zero-order valence-corrected chi connectivity index (χ0v) is 12.2. The van der Waals surface area contributed by atoms with Crippen LogP contribution in [0.1, 0.15) is 32.9 Å². The van der Waals surface area contributed by atoms with Gasteiger partial charge in [-0.3, -0.25) is 0 Å². The van der Waals surface area contributed by atoms with Crippen molar-refractivity contribution >= 4 is 11.8 Å². The molecule has 0 aliphatic rings. The van der Waals surface area contributed by atoms with Crippen molar-refractivity contribution in [2.45, 2.75) is 39.4 Å². The van der Waals surface area contributed by atoms with E-state index in [0.29, 0.717) is 13.1 Å². The summed E-state index contributed by atoms with van der Waals surface area (Å²) in [5, 5.41) is 11.4. The van der Waals surface area contributed by atoms with Crippen LogP contribution in [0.15, 0.2) is 6.07 Å². The first-order valence-electron chi connectivity index (χ1n) is 6.63. The van der Waals surface area contributed by atoms with Crippen LogP contribution in [-0.2, 0) is 6.18 Å². The number of nitrogens with one attached hydrogen (secondary N) is 1. The number of alkyl halides is 3. The van der Waals surface area contributed by atoms with Crippen LogP contribution in [0.5, 0.6) is 0 Å². The lowest BCUT2D eigenvalue weighted by Crippen LogP contribution is -2.33. The zero-order valence-electron chi connectivity index (χ0n) is 12.2. The molecule has 0 spiro atoms. The number of hydrogen-bond acceptors (Lipinski definition) is 5. The summed E-state index contributed by atoms with van der Waals surface area (Å²) in [6, 6.07) is 2.82. The third-order valence-electron chi connectivity index (χ3n) is 2.72. The molecule has 116 valence electrons. The van der Waals surface area contributed by atoms with Crippen molar-refractivity contribution in [3.8, 4) is 6.07 Å². The molecule has 21 heavy (non-hydrogen) atoms. The van der Waals surface area contributed by atoms with Gasteiger partial charge in [0, 0.05) is 25.2 Å². The summed E-state index contributed by atoms with van der Waals surface area (Å²) in [6.45, 7) is 6.15. The average Bonchev–Trinajstić information content (AvgIpc) is 2.38. The summed E-state index contributed by atoms with van der Waals surface area (Å²) in [4.78, 5) is 9.24. The minimum absolute atomic E-state index is 0.0649. The molecule has 0 fully saturated rings. The van der Waals surface area contributed by atoms with Gasteiger partial charge in [-0.05, 0) is 20.8 Å². The Balaban J connectivity index is 3.25. The van der Waals surface area contributed by atoms with Gasteiger partial charge in [0.15, 0.2) is 5.69 Å². The molecule has 0 aliphatic carbocycles. The van der Waals surface area contributed by atoms with Crippen molar-refractivity contribution in [3.05, 3.63) is 11.8 Å². The Morgan fingerprint density at radius 1 is 1.38 bits per heavy atom. The lowest BCUT2D eigenvalue weighted by molar-refractivity contribution is -0.141. The van der Waals surface area contributed by atoms with Gasteiger partial charge in [-0.2, -0.15) is 23.4 Å². The number of nitrogens with zero attached hydrogens (tertiary/aromatic N) is 4. The Bertz CT molecular complexity index is 508. The average molecular weight is 301 g/mol. The highest BCUT2D eigenvalue weighted by Crippen LogP contribution is 2.31. The highest BCUT2D eigenvalue weighted by atomic mass is 19.4. The van der Waals surface area contributed by atoms with Gasteiger partial charge in [0.25, 0.3) is 0 Å². The van der Waals surface area contributed by atoms with Crippen LogP contribution in [0.2, 0.25) is 0 Å². The molecule has 1 N–H and O–H groups in total. The number of aromatic nitrogens is 2. The first-order chi connectivity index (χ1) is 9.79. The van der Waals surface area contributed by atoms with E-state index in [2.05, 4.69) is 15.3 Å². The van der Waals surface area contributed by atoms with E-state index >= 15 is 0 Å². The number of hydrogen-bond donors (Lipinski definition) is 1. The van der Waals surface area contributed by atoms with Gasteiger partial charge in [0.1, 0.15) is 5.82 Å². The maximum atomic E-state index is 12.9. The molecule has 0 aliphatic heterocycles. The molecule has 0 unspecified atom stereocenters. The molecule has 1 aromatic heterocycles. The normalized spacial score (nSPS) is 11.3. The molecule has 0 radical (unpaired) electrons. The molecule has 8 heteroatoms. The summed E-state index contributed by atoms with van der Waals surface area (Å²) < 4.78 is 38.7. The quantitative estimate of drug-likeness (QED) is 0.875.